The highest BCUT2D eigenvalue weighted by molar-refractivity contribution is 5.94. The van der Waals surface area contributed by atoms with Crippen LogP contribution in [0.2, 0.25) is 0 Å². The van der Waals surface area contributed by atoms with E-state index in [2.05, 4.69) is 4.98 Å². The van der Waals surface area contributed by atoms with E-state index in [-0.39, 0.29) is 11.7 Å². The Balaban J connectivity index is 2.04. The molecule has 1 unspecified atom stereocenters. The van der Waals surface area contributed by atoms with Crippen LogP contribution < -0.4 is 0 Å². The van der Waals surface area contributed by atoms with Crippen LogP contribution in [-0.4, -0.2) is 47.2 Å². The van der Waals surface area contributed by atoms with E-state index in [0.717, 1.165) is 19.6 Å². The molecule has 1 aliphatic rings. The minimum absolute atomic E-state index is 0.0149. The molecule has 0 aromatic carbocycles. The number of hydrogen-bond donors (Lipinski definition) is 1. The Bertz CT molecular complexity index is 416. The third-order valence-electron chi connectivity index (χ3n) is 3.14. The average molecular weight is 250 g/mol. The highest BCUT2D eigenvalue weighted by Crippen LogP contribution is 2.16. The standard InChI is InChI=1S/C13H18N2O3/c1-2-15(8-10-3-4-18-9-10)13(17)11-5-12(16)7-14-6-11/h5-7,10,16H,2-4,8-9H2,1H3. The predicted molar refractivity (Wildman–Crippen MR) is 66.4 cm³/mol. The minimum atomic E-state index is -0.0900. The van der Waals surface area contributed by atoms with E-state index in [1.54, 1.807) is 4.90 Å². The van der Waals surface area contributed by atoms with Crippen molar-refractivity contribution in [3.8, 4) is 5.75 Å². The van der Waals surface area contributed by atoms with Crippen LogP contribution in [-0.2, 0) is 4.74 Å². The van der Waals surface area contributed by atoms with Gasteiger partial charge in [-0.15, -0.1) is 0 Å². The fourth-order valence-electron chi connectivity index (χ4n) is 2.12. The van der Waals surface area contributed by atoms with Crippen molar-refractivity contribution in [1.29, 1.82) is 0 Å². The van der Waals surface area contributed by atoms with Gasteiger partial charge < -0.3 is 14.7 Å². The number of carbonyl (C=O) groups excluding carboxylic acids is 1. The summed E-state index contributed by atoms with van der Waals surface area (Å²) in [5.41, 5.74) is 0.427. The monoisotopic (exact) mass is 250 g/mol. The molecule has 0 aliphatic carbocycles. The van der Waals surface area contributed by atoms with Gasteiger partial charge in [-0.1, -0.05) is 0 Å². The van der Waals surface area contributed by atoms with Gasteiger partial charge in [-0.25, -0.2) is 0 Å². The maximum Gasteiger partial charge on any atom is 0.255 e. The molecule has 1 saturated heterocycles. The molecule has 1 aromatic heterocycles. The third kappa shape index (κ3) is 2.98. The summed E-state index contributed by atoms with van der Waals surface area (Å²) in [5.74, 6) is 0.341. The van der Waals surface area contributed by atoms with Crippen molar-refractivity contribution in [1.82, 2.24) is 9.88 Å². The van der Waals surface area contributed by atoms with E-state index in [1.165, 1.54) is 18.5 Å². The summed E-state index contributed by atoms with van der Waals surface area (Å²) >= 11 is 0. The average Bonchev–Trinajstić information content (AvgIpc) is 2.88. The fourth-order valence-corrected chi connectivity index (χ4v) is 2.12. The van der Waals surface area contributed by atoms with E-state index < -0.39 is 0 Å². The number of amides is 1. The molecule has 1 atom stereocenters. The molecule has 0 saturated carbocycles. The van der Waals surface area contributed by atoms with Crippen molar-refractivity contribution in [2.45, 2.75) is 13.3 Å². The normalized spacial score (nSPS) is 18.8. The molecule has 2 rings (SSSR count). The fraction of sp³-hybridized carbons (Fsp3) is 0.538. The van der Waals surface area contributed by atoms with Crippen LogP contribution in [0.25, 0.3) is 0 Å². The SMILES string of the molecule is CCN(CC1CCOC1)C(=O)c1cncc(O)c1. The van der Waals surface area contributed by atoms with Gasteiger partial charge in [0.05, 0.1) is 18.4 Å². The van der Waals surface area contributed by atoms with Crippen LogP contribution in [0.4, 0.5) is 0 Å². The van der Waals surface area contributed by atoms with Gasteiger partial charge in [0.2, 0.25) is 0 Å². The lowest BCUT2D eigenvalue weighted by Gasteiger charge is -2.23. The summed E-state index contributed by atoms with van der Waals surface area (Å²) < 4.78 is 5.32. The third-order valence-corrected chi connectivity index (χ3v) is 3.14. The Hall–Kier alpha value is -1.62. The van der Waals surface area contributed by atoms with Gasteiger partial charge >= 0.3 is 0 Å². The van der Waals surface area contributed by atoms with Gasteiger partial charge in [0.15, 0.2) is 0 Å². The number of pyridine rings is 1. The number of rotatable bonds is 4. The van der Waals surface area contributed by atoms with E-state index in [0.29, 0.717) is 24.6 Å². The topological polar surface area (TPSA) is 62.7 Å². The molecule has 5 heteroatoms. The zero-order valence-electron chi connectivity index (χ0n) is 10.5. The van der Waals surface area contributed by atoms with Gasteiger partial charge in [0.1, 0.15) is 5.75 Å². The molecule has 98 valence electrons. The Morgan fingerprint density at radius 3 is 3.06 bits per heavy atom. The van der Waals surface area contributed by atoms with Gasteiger partial charge in [0.25, 0.3) is 5.91 Å². The van der Waals surface area contributed by atoms with E-state index in [9.17, 15) is 9.90 Å². The number of ether oxygens (including phenoxy) is 1. The van der Waals surface area contributed by atoms with Crippen LogP contribution in [0.3, 0.4) is 0 Å². The number of carbonyl (C=O) groups is 1. The van der Waals surface area contributed by atoms with Gasteiger partial charge in [-0.2, -0.15) is 0 Å². The van der Waals surface area contributed by atoms with Crippen LogP contribution >= 0.6 is 0 Å². The molecular formula is C13H18N2O3. The summed E-state index contributed by atoms with van der Waals surface area (Å²) in [4.78, 5) is 17.9. The lowest BCUT2D eigenvalue weighted by atomic mass is 10.1. The zero-order chi connectivity index (χ0) is 13.0. The van der Waals surface area contributed by atoms with Crippen molar-refractivity contribution in [2.24, 2.45) is 5.92 Å². The summed E-state index contributed by atoms with van der Waals surface area (Å²) in [6.07, 6.45) is 3.80. The first-order valence-corrected chi connectivity index (χ1v) is 6.21. The Kier molecular flexibility index (Phi) is 4.15. The molecule has 5 nitrogen and oxygen atoms in total. The predicted octanol–water partition coefficient (Wildman–Crippen LogP) is 1.29. The molecule has 1 aromatic rings. The van der Waals surface area contributed by atoms with Gasteiger partial charge in [-0.3, -0.25) is 9.78 Å². The summed E-state index contributed by atoms with van der Waals surface area (Å²) in [6.45, 7) is 4.80. The van der Waals surface area contributed by atoms with E-state index in [4.69, 9.17) is 4.74 Å². The van der Waals surface area contributed by atoms with Crippen LogP contribution in [0, 0.1) is 5.92 Å². The van der Waals surface area contributed by atoms with Crippen LogP contribution in [0.15, 0.2) is 18.5 Å². The van der Waals surface area contributed by atoms with Crippen molar-refractivity contribution in [2.75, 3.05) is 26.3 Å². The first-order chi connectivity index (χ1) is 8.70. The molecular weight excluding hydrogens is 232 g/mol. The molecule has 1 N–H and O–H groups in total. The lowest BCUT2D eigenvalue weighted by Crippen LogP contribution is -2.35. The molecule has 2 heterocycles. The zero-order valence-corrected chi connectivity index (χ0v) is 10.5. The van der Waals surface area contributed by atoms with Gasteiger partial charge in [-0.05, 0) is 19.4 Å². The first-order valence-electron chi connectivity index (χ1n) is 6.21. The second-order valence-electron chi connectivity index (χ2n) is 4.51. The first kappa shape index (κ1) is 12.8. The molecule has 0 bridgehead atoms. The molecule has 0 spiro atoms. The Morgan fingerprint density at radius 2 is 2.44 bits per heavy atom. The number of aromatic hydroxyl groups is 1. The highest BCUT2D eigenvalue weighted by Gasteiger charge is 2.22. The number of hydrogen-bond acceptors (Lipinski definition) is 4. The van der Waals surface area contributed by atoms with Gasteiger partial charge in [0, 0.05) is 31.8 Å². The molecule has 1 amide bonds. The highest BCUT2D eigenvalue weighted by atomic mass is 16.5. The van der Waals surface area contributed by atoms with Crippen molar-refractivity contribution >= 4 is 5.91 Å². The maximum atomic E-state index is 12.2. The van der Waals surface area contributed by atoms with E-state index in [1.807, 2.05) is 6.92 Å². The van der Waals surface area contributed by atoms with Crippen LogP contribution in [0.1, 0.15) is 23.7 Å². The van der Waals surface area contributed by atoms with Crippen molar-refractivity contribution < 1.29 is 14.6 Å². The lowest BCUT2D eigenvalue weighted by molar-refractivity contribution is 0.0730. The molecule has 1 aliphatic heterocycles. The Labute approximate surface area is 106 Å². The minimum Gasteiger partial charge on any atom is -0.506 e. The second kappa shape index (κ2) is 5.82. The Morgan fingerprint density at radius 1 is 1.61 bits per heavy atom. The molecule has 0 radical (unpaired) electrons. The summed E-state index contributed by atoms with van der Waals surface area (Å²) in [5, 5.41) is 9.35. The smallest absolute Gasteiger partial charge is 0.255 e. The van der Waals surface area contributed by atoms with Crippen LogP contribution in [0.5, 0.6) is 5.75 Å². The summed E-state index contributed by atoms with van der Waals surface area (Å²) in [7, 11) is 0. The molecule has 1 fully saturated rings. The maximum absolute atomic E-state index is 12.2. The van der Waals surface area contributed by atoms with E-state index >= 15 is 0 Å². The number of aromatic nitrogens is 1. The second-order valence-corrected chi connectivity index (χ2v) is 4.51. The van der Waals surface area contributed by atoms with Crippen molar-refractivity contribution in [3.63, 3.8) is 0 Å². The number of nitrogens with zero attached hydrogens (tertiary/aromatic N) is 2. The largest absolute Gasteiger partial charge is 0.506 e. The quantitative estimate of drug-likeness (QED) is 0.874. The summed E-state index contributed by atoms with van der Waals surface area (Å²) in [6, 6.07) is 1.45. The molecule has 18 heavy (non-hydrogen) atoms. The van der Waals surface area contributed by atoms with Crippen molar-refractivity contribution in [3.05, 3.63) is 24.0 Å².